The topological polar surface area (TPSA) is 30.7 Å². The maximum absolute atomic E-state index is 5.46. The monoisotopic (exact) mass is 751 g/mol. The number of hydrogen-bond donors (Lipinski definition) is 0. The fourth-order valence-electron chi connectivity index (χ4n) is 7.46. The number of nitrogens with zero attached hydrogens (tertiary/aromatic N) is 3. The first kappa shape index (κ1) is 38.9. The van der Waals surface area contributed by atoms with Crippen LogP contribution in [0.15, 0.2) is 133 Å². The Morgan fingerprint density at radius 1 is 0.696 bits per heavy atom. The molecule has 4 heteroatoms. The SMILES string of the molecule is C=P/C(=C/C(=C)c1cc(C(C)C)cc(-c2cc(-c3ccccc3)nc(-c3ccccc3)n2)c1-n1c2cc(C(C)(C)C)ccc2c2ccc(C(C)(C)C)cc21)CC. The Morgan fingerprint density at radius 2 is 1.23 bits per heavy atom. The molecule has 0 spiro atoms. The van der Waals surface area contributed by atoms with Crippen molar-refractivity contribution >= 4 is 41.9 Å². The summed E-state index contributed by atoms with van der Waals surface area (Å²) >= 11 is 0. The smallest absolute Gasteiger partial charge is 0.160 e. The summed E-state index contributed by atoms with van der Waals surface area (Å²) in [7, 11) is 1.00. The van der Waals surface area contributed by atoms with Gasteiger partial charge in [0.1, 0.15) is 0 Å². The van der Waals surface area contributed by atoms with Gasteiger partial charge in [-0.05, 0) is 87.2 Å². The van der Waals surface area contributed by atoms with E-state index in [0.717, 1.165) is 59.5 Å². The third-order valence-corrected chi connectivity index (χ3v) is 11.7. The molecule has 0 aliphatic rings. The highest BCUT2D eigenvalue weighted by atomic mass is 31.1. The van der Waals surface area contributed by atoms with Crippen molar-refractivity contribution in [3.05, 3.63) is 155 Å². The van der Waals surface area contributed by atoms with Crippen LogP contribution in [0.1, 0.15) is 96.9 Å². The van der Waals surface area contributed by atoms with E-state index in [1.165, 1.54) is 43.8 Å². The minimum absolute atomic E-state index is 0.0450. The minimum Gasteiger partial charge on any atom is -0.308 e. The van der Waals surface area contributed by atoms with Crippen LogP contribution in [0, 0.1) is 0 Å². The quantitative estimate of drug-likeness (QED) is 0.109. The first-order valence-corrected chi connectivity index (χ1v) is 20.9. The number of benzene rings is 5. The van der Waals surface area contributed by atoms with Gasteiger partial charge in [0.25, 0.3) is 0 Å². The molecule has 2 aromatic heterocycles. The van der Waals surface area contributed by atoms with Gasteiger partial charge in [-0.1, -0.05) is 168 Å². The number of hydrogen-bond acceptors (Lipinski definition) is 2. The predicted molar refractivity (Wildman–Crippen MR) is 246 cm³/mol. The maximum Gasteiger partial charge on any atom is 0.160 e. The second-order valence-electron chi connectivity index (χ2n) is 17.3. The Labute approximate surface area is 335 Å². The molecule has 0 unspecified atom stereocenters. The van der Waals surface area contributed by atoms with Crippen molar-refractivity contribution in [2.24, 2.45) is 0 Å². The van der Waals surface area contributed by atoms with Crippen LogP contribution in [0.2, 0.25) is 0 Å². The van der Waals surface area contributed by atoms with E-state index in [2.05, 4.69) is 188 Å². The molecule has 0 N–H and O–H groups in total. The molecule has 3 nitrogen and oxygen atoms in total. The van der Waals surface area contributed by atoms with E-state index in [1.807, 2.05) is 6.07 Å². The lowest BCUT2D eigenvalue weighted by Crippen LogP contribution is -2.12. The maximum atomic E-state index is 5.46. The molecule has 0 atom stereocenters. The van der Waals surface area contributed by atoms with Crippen LogP contribution in [0.3, 0.4) is 0 Å². The summed E-state index contributed by atoms with van der Waals surface area (Å²) in [5, 5.41) is 3.69. The van der Waals surface area contributed by atoms with E-state index >= 15 is 0 Å². The number of aromatic nitrogens is 3. The Kier molecular flexibility index (Phi) is 10.6. The molecule has 0 saturated heterocycles. The highest BCUT2D eigenvalue weighted by molar-refractivity contribution is 7.41. The van der Waals surface area contributed by atoms with Crippen molar-refractivity contribution in [2.45, 2.75) is 85.5 Å². The van der Waals surface area contributed by atoms with Crippen LogP contribution in [0.25, 0.3) is 67.0 Å². The first-order chi connectivity index (χ1) is 26.7. The van der Waals surface area contributed by atoms with Crippen molar-refractivity contribution in [3.63, 3.8) is 0 Å². The summed E-state index contributed by atoms with van der Waals surface area (Å²) in [4.78, 5) is 10.6. The van der Waals surface area contributed by atoms with Gasteiger partial charge in [-0.25, -0.2) is 9.97 Å². The lowest BCUT2D eigenvalue weighted by Gasteiger charge is -2.24. The van der Waals surface area contributed by atoms with Crippen LogP contribution in [-0.2, 0) is 10.8 Å². The Hall–Kier alpha value is -5.37. The highest BCUT2D eigenvalue weighted by Gasteiger charge is 2.26. The summed E-state index contributed by atoms with van der Waals surface area (Å²) in [6, 6.07) is 41.8. The number of fused-ring (bicyclic) bond motifs is 3. The molecule has 2 heterocycles. The van der Waals surface area contributed by atoms with Crippen molar-refractivity contribution in [2.75, 3.05) is 0 Å². The normalized spacial score (nSPS) is 12.6. The molecule has 0 aliphatic heterocycles. The van der Waals surface area contributed by atoms with Crippen LogP contribution in [0.4, 0.5) is 0 Å². The predicted octanol–water partition coefficient (Wildman–Crippen LogP) is 15.0. The Balaban J connectivity index is 1.71. The molecule has 0 radical (unpaired) electrons. The lowest BCUT2D eigenvalue weighted by atomic mass is 9.86. The summed E-state index contributed by atoms with van der Waals surface area (Å²) < 4.78 is 2.52. The van der Waals surface area contributed by atoms with Gasteiger partial charge in [0.05, 0.1) is 28.1 Å². The standard InChI is InChI=1S/C52H54N3P/c1-12-40(56-11)27-34(4)43-28-37(33(2)3)29-44(46-32-45(35-19-15-13-16-20-35)53-50(54-46)36-21-17-14-18-22-36)49(43)55-47-30-38(51(5,6)7)23-25-41(47)42-26-24-39(31-48(42)55)52(8,9)10/h13-33H,4,11-12H2,1-3,5-10H3/b40-27+. The molecule has 0 saturated carbocycles. The van der Waals surface area contributed by atoms with Gasteiger partial charge in [-0.15, -0.1) is 0 Å². The summed E-state index contributed by atoms with van der Waals surface area (Å²) in [5.41, 5.74) is 14.0. The third kappa shape index (κ3) is 7.58. The summed E-state index contributed by atoms with van der Waals surface area (Å²) in [6.45, 7) is 25.3. The van der Waals surface area contributed by atoms with Gasteiger partial charge in [0, 0.05) is 33.0 Å². The molecule has 56 heavy (non-hydrogen) atoms. The zero-order valence-electron chi connectivity index (χ0n) is 34.5. The number of rotatable bonds is 9. The molecule has 282 valence electrons. The first-order valence-electron chi connectivity index (χ1n) is 19.8. The van der Waals surface area contributed by atoms with Gasteiger partial charge in [0.15, 0.2) is 5.82 Å². The molecule has 7 aromatic rings. The zero-order valence-corrected chi connectivity index (χ0v) is 35.4. The minimum atomic E-state index is -0.0450. The van der Waals surface area contributed by atoms with E-state index in [9.17, 15) is 0 Å². The van der Waals surface area contributed by atoms with E-state index in [4.69, 9.17) is 16.5 Å². The summed E-state index contributed by atoms with van der Waals surface area (Å²) in [6.07, 6.45) is 7.41. The van der Waals surface area contributed by atoms with Gasteiger partial charge < -0.3 is 4.57 Å². The molecular formula is C52H54N3P. The second-order valence-corrected chi connectivity index (χ2v) is 18.2. The Bertz CT molecular complexity index is 2500. The Morgan fingerprint density at radius 3 is 1.73 bits per heavy atom. The fourth-order valence-corrected chi connectivity index (χ4v) is 7.93. The molecule has 7 rings (SSSR count). The van der Waals surface area contributed by atoms with E-state index in [1.54, 1.807) is 0 Å². The van der Waals surface area contributed by atoms with Crippen LogP contribution in [0.5, 0.6) is 0 Å². The zero-order chi connectivity index (χ0) is 39.9. The second kappa shape index (κ2) is 15.3. The molecular weight excluding hydrogens is 698 g/mol. The number of allylic oxidation sites excluding steroid dienone is 3. The van der Waals surface area contributed by atoms with Crippen molar-refractivity contribution in [1.82, 2.24) is 14.5 Å². The molecule has 0 bridgehead atoms. The average Bonchev–Trinajstić information content (AvgIpc) is 3.52. The largest absolute Gasteiger partial charge is 0.308 e. The van der Waals surface area contributed by atoms with Gasteiger partial charge in [0.2, 0.25) is 0 Å². The average molecular weight is 752 g/mol. The van der Waals surface area contributed by atoms with Gasteiger partial charge in [-0.2, -0.15) is 0 Å². The molecule has 5 aromatic carbocycles. The van der Waals surface area contributed by atoms with Crippen LogP contribution in [-0.4, -0.2) is 20.8 Å². The molecule has 0 fully saturated rings. The van der Waals surface area contributed by atoms with Crippen LogP contribution < -0.4 is 0 Å². The lowest BCUT2D eigenvalue weighted by molar-refractivity contribution is 0.591. The van der Waals surface area contributed by atoms with Gasteiger partial charge in [-0.3, -0.25) is 0 Å². The van der Waals surface area contributed by atoms with Gasteiger partial charge >= 0.3 is 0 Å². The molecule has 0 aliphatic carbocycles. The van der Waals surface area contributed by atoms with E-state index in [0.29, 0.717) is 5.82 Å². The van der Waals surface area contributed by atoms with E-state index < -0.39 is 0 Å². The van der Waals surface area contributed by atoms with Crippen molar-refractivity contribution in [1.29, 1.82) is 0 Å². The summed E-state index contributed by atoms with van der Waals surface area (Å²) in [5.74, 6) is 0.955. The van der Waals surface area contributed by atoms with Crippen LogP contribution >= 0.6 is 8.20 Å². The van der Waals surface area contributed by atoms with Crippen molar-refractivity contribution in [3.8, 4) is 39.6 Å². The molecule has 0 amide bonds. The van der Waals surface area contributed by atoms with Crippen molar-refractivity contribution < 1.29 is 0 Å². The fraction of sp³-hybridized carbons (Fsp3) is 0.250. The highest BCUT2D eigenvalue weighted by Crippen LogP contribution is 2.44. The third-order valence-electron chi connectivity index (χ3n) is 10.9. The van der Waals surface area contributed by atoms with E-state index in [-0.39, 0.29) is 16.7 Å².